The quantitative estimate of drug-likeness (QED) is 0.794. The fourth-order valence-corrected chi connectivity index (χ4v) is 3.75. The molecule has 0 aromatic heterocycles. The topological polar surface area (TPSA) is 38.5 Å². The van der Waals surface area contributed by atoms with E-state index in [-0.39, 0.29) is 5.54 Å². The van der Waals surface area contributed by atoms with Gasteiger partial charge in [-0.25, -0.2) is 0 Å². The lowest BCUT2D eigenvalue weighted by molar-refractivity contribution is -0.00120. The third kappa shape index (κ3) is 1.69. The number of ether oxygens (including phenoxy) is 1. The van der Waals surface area contributed by atoms with Crippen molar-refractivity contribution in [3.8, 4) is 0 Å². The molecule has 2 aliphatic rings. The van der Waals surface area contributed by atoms with Gasteiger partial charge in [0.2, 0.25) is 0 Å². The maximum absolute atomic E-state index is 6.13. The van der Waals surface area contributed by atoms with E-state index in [9.17, 15) is 0 Å². The first-order valence-corrected chi connectivity index (χ1v) is 6.54. The van der Waals surface area contributed by atoms with E-state index in [0.717, 1.165) is 26.2 Å². The highest BCUT2D eigenvalue weighted by Crippen LogP contribution is 2.49. The molecule has 2 fully saturated rings. The van der Waals surface area contributed by atoms with Crippen molar-refractivity contribution in [1.29, 1.82) is 0 Å². The summed E-state index contributed by atoms with van der Waals surface area (Å²) in [6, 6.07) is 0.570. The molecule has 0 bridgehead atoms. The first-order valence-electron chi connectivity index (χ1n) is 6.54. The molecule has 2 unspecified atom stereocenters. The Kier molecular flexibility index (Phi) is 3.30. The number of nitrogens with two attached hydrogens (primary N) is 1. The Bertz CT molecular complexity index is 248. The van der Waals surface area contributed by atoms with Crippen LogP contribution in [-0.4, -0.2) is 43.3 Å². The SMILES string of the molecule is CN(C1CCOC1)C1(CN)CCCC1(C)C. The molecule has 1 saturated heterocycles. The summed E-state index contributed by atoms with van der Waals surface area (Å²) >= 11 is 0. The highest BCUT2D eigenvalue weighted by Gasteiger charge is 2.52. The molecule has 94 valence electrons. The van der Waals surface area contributed by atoms with Crippen LogP contribution in [0.4, 0.5) is 0 Å². The molecule has 0 aromatic carbocycles. The molecule has 1 saturated carbocycles. The Hall–Kier alpha value is -0.120. The lowest BCUT2D eigenvalue weighted by Gasteiger charge is -2.50. The smallest absolute Gasteiger partial charge is 0.0622 e. The molecule has 1 aliphatic carbocycles. The first kappa shape index (κ1) is 12.3. The van der Waals surface area contributed by atoms with E-state index < -0.39 is 0 Å². The van der Waals surface area contributed by atoms with Gasteiger partial charge in [-0.1, -0.05) is 20.3 Å². The average molecular weight is 226 g/mol. The van der Waals surface area contributed by atoms with E-state index in [1.54, 1.807) is 0 Å². The van der Waals surface area contributed by atoms with E-state index in [4.69, 9.17) is 10.5 Å². The van der Waals surface area contributed by atoms with Crippen LogP contribution in [0.15, 0.2) is 0 Å². The average Bonchev–Trinajstić information content (AvgIpc) is 2.84. The molecule has 3 heteroatoms. The van der Waals surface area contributed by atoms with Gasteiger partial charge in [-0.15, -0.1) is 0 Å². The molecule has 1 heterocycles. The number of hydrogen-bond donors (Lipinski definition) is 1. The lowest BCUT2D eigenvalue weighted by Crippen LogP contribution is -2.61. The van der Waals surface area contributed by atoms with Crippen LogP contribution in [0.1, 0.15) is 39.5 Å². The largest absolute Gasteiger partial charge is 0.380 e. The molecule has 0 spiro atoms. The van der Waals surface area contributed by atoms with Gasteiger partial charge in [0, 0.05) is 24.7 Å². The third-order valence-corrected chi connectivity index (χ3v) is 5.12. The molecular weight excluding hydrogens is 200 g/mol. The summed E-state index contributed by atoms with van der Waals surface area (Å²) in [5.74, 6) is 0. The summed E-state index contributed by atoms with van der Waals surface area (Å²) in [7, 11) is 2.25. The second-order valence-electron chi connectivity index (χ2n) is 6.10. The van der Waals surface area contributed by atoms with E-state index in [1.807, 2.05) is 0 Å². The van der Waals surface area contributed by atoms with Crippen LogP contribution in [-0.2, 0) is 4.74 Å². The summed E-state index contributed by atoms with van der Waals surface area (Å²) < 4.78 is 5.51. The van der Waals surface area contributed by atoms with Crippen molar-refractivity contribution in [3.63, 3.8) is 0 Å². The van der Waals surface area contributed by atoms with Crippen molar-refractivity contribution >= 4 is 0 Å². The summed E-state index contributed by atoms with van der Waals surface area (Å²) in [5, 5.41) is 0. The Morgan fingerprint density at radius 2 is 2.12 bits per heavy atom. The van der Waals surface area contributed by atoms with Crippen LogP contribution in [0, 0.1) is 5.41 Å². The molecule has 2 atom stereocenters. The third-order valence-electron chi connectivity index (χ3n) is 5.12. The fraction of sp³-hybridized carbons (Fsp3) is 1.00. The van der Waals surface area contributed by atoms with Crippen LogP contribution in [0.25, 0.3) is 0 Å². The van der Waals surface area contributed by atoms with Crippen molar-refractivity contribution < 1.29 is 4.74 Å². The first-order chi connectivity index (χ1) is 7.53. The molecule has 3 nitrogen and oxygen atoms in total. The molecular formula is C13H26N2O. The summed E-state index contributed by atoms with van der Waals surface area (Å²) in [6.07, 6.45) is 5.00. The van der Waals surface area contributed by atoms with Crippen molar-refractivity contribution in [2.24, 2.45) is 11.1 Å². The predicted molar refractivity (Wildman–Crippen MR) is 66.4 cm³/mol. The van der Waals surface area contributed by atoms with Gasteiger partial charge in [0.05, 0.1) is 6.61 Å². The van der Waals surface area contributed by atoms with Gasteiger partial charge in [-0.2, -0.15) is 0 Å². The van der Waals surface area contributed by atoms with E-state index in [2.05, 4.69) is 25.8 Å². The van der Waals surface area contributed by atoms with Crippen molar-refractivity contribution in [2.75, 3.05) is 26.8 Å². The number of rotatable bonds is 3. The number of hydrogen-bond acceptors (Lipinski definition) is 3. The standard InChI is InChI=1S/C13H26N2O/c1-12(2)6-4-7-13(12,10-14)15(3)11-5-8-16-9-11/h11H,4-10,14H2,1-3H3. The number of likely N-dealkylation sites (N-methyl/N-ethyl adjacent to an activating group) is 1. The van der Waals surface area contributed by atoms with Crippen molar-refractivity contribution in [1.82, 2.24) is 4.90 Å². The minimum atomic E-state index is 0.186. The summed E-state index contributed by atoms with van der Waals surface area (Å²) in [4.78, 5) is 2.53. The monoisotopic (exact) mass is 226 g/mol. The zero-order valence-electron chi connectivity index (χ0n) is 11.0. The number of nitrogens with zero attached hydrogens (tertiary/aromatic N) is 1. The summed E-state index contributed by atoms with van der Waals surface area (Å²) in [5.41, 5.74) is 6.65. The minimum Gasteiger partial charge on any atom is -0.380 e. The Morgan fingerprint density at radius 1 is 1.38 bits per heavy atom. The summed E-state index contributed by atoms with van der Waals surface area (Å²) in [6.45, 7) is 7.32. The Balaban J connectivity index is 2.19. The van der Waals surface area contributed by atoms with Gasteiger partial charge in [0.15, 0.2) is 0 Å². The maximum atomic E-state index is 6.13. The van der Waals surface area contributed by atoms with E-state index >= 15 is 0 Å². The van der Waals surface area contributed by atoms with Crippen LogP contribution >= 0.6 is 0 Å². The van der Waals surface area contributed by atoms with Gasteiger partial charge < -0.3 is 10.5 Å². The van der Waals surface area contributed by atoms with E-state index in [1.165, 1.54) is 19.3 Å². The van der Waals surface area contributed by atoms with Gasteiger partial charge in [-0.05, 0) is 31.7 Å². The van der Waals surface area contributed by atoms with Crippen molar-refractivity contribution in [2.45, 2.75) is 51.1 Å². The second kappa shape index (κ2) is 4.28. The van der Waals surface area contributed by atoms with Gasteiger partial charge in [-0.3, -0.25) is 4.90 Å². The minimum absolute atomic E-state index is 0.186. The Morgan fingerprint density at radius 3 is 2.56 bits per heavy atom. The molecule has 1 aliphatic heterocycles. The Labute approximate surface area is 99.3 Å². The van der Waals surface area contributed by atoms with Gasteiger partial charge in [0.1, 0.15) is 0 Å². The molecule has 0 aromatic rings. The van der Waals surface area contributed by atoms with Crippen LogP contribution in [0.3, 0.4) is 0 Å². The van der Waals surface area contributed by atoms with E-state index in [0.29, 0.717) is 11.5 Å². The van der Waals surface area contributed by atoms with Gasteiger partial charge in [0.25, 0.3) is 0 Å². The highest BCUT2D eigenvalue weighted by atomic mass is 16.5. The van der Waals surface area contributed by atoms with Crippen LogP contribution in [0.5, 0.6) is 0 Å². The second-order valence-corrected chi connectivity index (χ2v) is 6.10. The van der Waals surface area contributed by atoms with Gasteiger partial charge >= 0.3 is 0 Å². The van der Waals surface area contributed by atoms with Crippen molar-refractivity contribution in [3.05, 3.63) is 0 Å². The zero-order valence-corrected chi connectivity index (χ0v) is 11.0. The molecule has 0 amide bonds. The molecule has 0 radical (unpaired) electrons. The normalized spacial score (nSPS) is 38.4. The van der Waals surface area contributed by atoms with Crippen LogP contribution in [0.2, 0.25) is 0 Å². The fourth-order valence-electron chi connectivity index (χ4n) is 3.75. The predicted octanol–water partition coefficient (Wildman–Crippen LogP) is 1.61. The van der Waals surface area contributed by atoms with Crippen LogP contribution < -0.4 is 5.73 Å². The molecule has 16 heavy (non-hydrogen) atoms. The molecule has 2 N–H and O–H groups in total. The zero-order chi connectivity index (χ0) is 11.8. The lowest BCUT2D eigenvalue weighted by atomic mass is 9.73. The maximum Gasteiger partial charge on any atom is 0.0622 e. The highest BCUT2D eigenvalue weighted by molar-refractivity contribution is 5.07. The molecule has 2 rings (SSSR count).